The molecule has 1 aromatic heterocycles. The summed E-state index contributed by atoms with van der Waals surface area (Å²) in [6.07, 6.45) is 2.54. The maximum Gasteiger partial charge on any atom is 0.333 e. The standard InChI is InChI=1S/C28H32N6O4.2ClH/c1-18-17-19(38-16-11-33-9-2-3-10-33)7-8-20(18)25-24-26(31-30-25)21-5-4-6-22(23(21)27(24)35)29-28(36)32-34-12-14-37-15-13-34;;/h4-8,17H,2-3,9-16H2,1H3,(H,30,31)(H2,29,32,36);2*1H. The Balaban J connectivity index is 0.00000185. The number of hydrogen-bond acceptors (Lipinski definition) is 7. The number of aryl methyl sites for hydroxylation is 1. The molecule has 2 aromatic carbocycles. The fourth-order valence-electron chi connectivity index (χ4n) is 5.45. The van der Waals surface area contributed by atoms with E-state index in [1.807, 2.05) is 37.3 Å². The van der Waals surface area contributed by atoms with Crippen molar-refractivity contribution in [2.45, 2.75) is 19.8 Å². The van der Waals surface area contributed by atoms with Crippen LogP contribution in [0.25, 0.3) is 22.5 Å². The van der Waals surface area contributed by atoms with Crippen molar-refractivity contribution in [3.05, 3.63) is 53.1 Å². The molecule has 0 saturated carbocycles. The van der Waals surface area contributed by atoms with Gasteiger partial charge in [0.15, 0.2) is 5.78 Å². The van der Waals surface area contributed by atoms with E-state index in [0.29, 0.717) is 66.7 Å². The number of ether oxygens (including phenoxy) is 2. The number of nitrogens with zero attached hydrogens (tertiary/aromatic N) is 3. The Hall–Kier alpha value is -3.15. The molecular weight excluding hydrogens is 555 g/mol. The second-order valence-electron chi connectivity index (χ2n) is 9.92. The molecule has 3 aromatic rings. The average Bonchev–Trinajstić information content (AvgIpc) is 3.64. The zero-order chi connectivity index (χ0) is 26.1. The number of rotatable bonds is 7. The number of likely N-dealkylation sites (tertiary alicyclic amines) is 1. The van der Waals surface area contributed by atoms with Crippen LogP contribution in [0.3, 0.4) is 0 Å². The third kappa shape index (κ3) is 5.96. The van der Waals surface area contributed by atoms with Gasteiger partial charge >= 0.3 is 6.03 Å². The summed E-state index contributed by atoms with van der Waals surface area (Å²) in [5.41, 5.74) is 8.12. The SMILES string of the molecule is Cc1cc(OCCN2CCCC2)ccc1-c1[nH]nc2c1C(=O)c1c(NC(=O)NN3CCOCC3)cccc1-2.Cl.Cl. The van der Waals surface area contributed by atoms with Crippen LogP contribution < -0.4 is 15.5 Å². The number of amides is 2. The predicted molar refractivity (Wildman–Crippen MR) is 158 cm³/mol. The molecule has 12 heteroatoms. The van der Waals surface area contributed by atoms with Crippen molar-refractivity contribution in [3.63, 3.8) is 0 Å². The Morgan fingerprint density at radius 2 is 1.82 bits per heavy atom. The van der Waals surface area contributed by atoms with Crippen LogP contribution in [0, 0.1) is 6.92 Å². The van der Waals surface area contributed by atoms with Crippen molar-refractivity contribution in [3.8, 4) is 28.3 Å². The van der Waals surface area contributed by atoms with E-state index in [1.165, 1.54) is 12.8 Å². The molecule has 40 heavy (non-hydrogen) atoms. The Labute approximate surface area is 245 Å². The largest absolute Gasteiger partial charge is 0.492 e. The molecular formula is C28H34Cl2N6O4. The number of aromatic nitrogens is 2. The second kappa shape index (κ2) is 13.0. The van der Waals surface area contributed by atoms with Gasteiger partial charge in [0, 0.05) is 30.8 Å². The highest BCUT2D eigenvalue weighted by Crippen LogP contribution is 2.43. The molecule has 6 rings (SSSR count). The van der Waals surface area contributed by atoms with Gasteiger partial charge in [0.25, 0.3) is 0 Å². The van der Waals surface area contributed by atoms with Crippen molar-refractivity contribution >= 4 is 42.3 Å². The van der Waals surface area contributed by atoms with Gasteiger partial charge < -0.3 is 14.8 Å². The summed E-state index contributed by atoms with van der Waals surface area (Å²) in [6, 6.07) is 10.9. The van der Waals surface area contributed by atoms with Crippen molar-refractivity contribution in [1.82, 2.24) is 25.5 Å². The Morgan fingerprint density at radius 3 is 2.58 bits per heavy atom. The minimum atomic E-state index is -0.393. The minimum absolute atomic E-state index is 0. The summed E-state index contributed by atoms with van der Waals surface area (Å²) in [5, 5.41) is 12.2. The third-order valence-corrected chi connectivity index (χ3v) is 7.40. The number of aromatic amines is 1. The number of carbonyl (C=O) groups is 2. The van der Waals surface area contributed by atoms with Gasteiger partial charge in [0.05, 0.1) is 35.7 Å². The number of urea groups is 1. The monoisotopic (exact) mass is 588 g/mol. The van der Waals surface area contributed by atoms with E-state index in [2.05, 4.69) is 25.8 Å². The van der Waals surface area contributed by atoms with Gasteiger partial charge in [0.1, 0.15) is 18.1 Å². The molecule has 10 nitrogen and oxygen atoms in total. The van der Waals surface area contributed by atoms with Crippen LogP contribution in [0.2, 0.25) is 0 Å². The number of ketones is 1. The molecule has 3 heterocycles. The molecule has 2 saturated heterocycles. The van der Waals surface area contributed by atoms with Crippen LogP contribution in [0.5, 0.6) is 5.75 Å². The summed E-state index contributed by atoms with van der Waals surface area (Å²) in [4.78, 5) is 28.8. The van der Waals surface area contributed by atoms with Gasteiger partial charge in [-0.05, 0) is 62.7 Å². The molecule has 0 radical (unpaired) electrons. The lowest BCUT2D eigenvalue weighted by Gasteiger charge is -2.27. The maximum atomic E-state index is 13.7. The molecule has 3 aliphatic rings. The topological polar surface area (TPSA) is 112 Å². The van der Waals surface area contributed by atoms with Crippen LogP contribution in [-0.2, 0) is 4.74 Å². The number of hydrogen-bond donors (Lipinski definition) is 3. The first-order valence-corrected chi connectivity index (χ1v) is 13.2. The van der Waals surface area contributed by atoms with Crippen LogP contribution in [0.15, 0.2) is 36.4 Å². The molecule has 0 atom stereocenters. The molecule has 1 aliphatic carbocycles. The van der Waals surface area contributed by atoms with Crippen LogP contribution >= 0.6 is 24.8 Å². The average molecular weight is 590 g/mol. The minimum Gasteiger partial charge on any atom is -0.492 e. The smallest absolute Gasteiger partial charge is 0.333 e. The third-order valence-electron chi connectivity index (χ3n) is 7.40. The summed E-state index contributed by atoms with van der Waals surface area (Å²) < 4.78 is 11.3. The number of morpholine rings is 1. The van der Waals surface area contributed by atoms with E-state index in [9.17, 15) is 9.59 Å². The zero-order valence-electron chi connectivity index (χ0n) is 22.3. The van der Waals surface area contributed by atoms with E-state index in [4.69, 9.17) is 9.47 Å². The molecule has 0 spiro atoms. The van der Waals surface area contributed by atoms with Crippen molar-refractivity contribution < 1.29 is 19.1 Å². The molecule has 0 bridgehead atoms. The highest BCUT2D eigenvalue weighted by Gasteiger charge is 2.35. The molecule has 214 valence electrons. The lowest BCUT2D eigenvalue weighted by molar-refractivity contribution is 0.0207. The van der Waals surface area contributed by atoms with Crippen molar-refractivity contribution in [2.24, 2.45) is 0 Å². The molecule has 2 amide bonds. The van der Waals surface area contributed by atoms with E-state index < -0.39 is 6.03 Å². The van der Waals surface area contributed by atoms with E-state index in [-0.39, 0.29) is 30.6 Å². The number of nitrogens with one attached hydrogen (secondary N) is 3. The van der Waals surface area contributed by atoms with Crippen LogP contribution in [-0.4, -0.2) is 84.5 Å². The summed E-state index contributed by atoms with van der Waals surface area (Å²) in [6.45, 7) is 8.24. The summed E-state index contributed by atoms with van der Waals surface area (Å²) in [7, 11) is 0. The van der Waals surface area contributed by atoms with Gasteiger partial charge in [-0.15, -0.1) is 24.8 Å². The van der Waals surface area contributed by atoms with E-state index >= 15 is 0 Å². The lowest BCUT2D eigenvalue weighted by Crippen LogP contribution is -2.49. The fourth-order valence-corrected chi connectivity index (χ4v) is 5.45. The first kappa shape index (κ1) is 29.8. The first-order chi connectivity index (χ1) is 18.6. The quantitative estimate of drug-likeness (QED) is 0.295. The summed E-state index contributed by atoms with van der Waals surface area (Å²) >= 11 is 0. The van der Waals surface area contributed by atoms with Crippen LogP contribution in [0.4, 0.5) is 10.5 Å². The number of halogens is 2. The Bertz CT molecular complexity index is 1370. The molecule has 2 aliphatic heterocycles. The van der Waals surface area contributed by atoms with Gasteiger partial charge in [-0.3, -0.25) is 20.2 Å². The van der Waals surface area contributed by atoms with Gasteiger partial charge in [-0.2, -0.15) is 5.10 Å². The number of hydrazine groups is 1. The Morgan fingerprint density at radius 1 is 1.05 bits per heavy atom. The summed E-state index contributed by atoms with van der Waals surface area (Å²) in [5.74, 6) is 0.653. The molecule has 3 N–H and O–H groups in total. The highest BCUT2D eigenvalue weighted by molar-refractivity contribution is 6.27. The molecule has 0 unspecified atom stereocenters. The van der Waals surface area contributed by atoms with Crippen molar-refractivity contribution in [1.29, 1.82) is 0 Å². The number of benzene rings is 2. The van der Waals surface area contributed by atoms with Crippen LogP contribution in [0.1, 0.15) is 34.3 Å². The second-order valence-corrected chi connectivity index (χ2v) is 9.92. The number of carbonyl (C=O) groups excluding carboxylic acids is 2. The van der Waals surface area contributed by atoms with Gasteiger partial charge in [-0.1, -0.05) is 12.1 Å². The normalized spacial score (nSPS) is 16.5. The molecule has 2 fully saturated rings. The maximum absolute atomic E-state index is 13.7. The number of H-pyrrole nitrogens is 1. The van der Waals surface area contributed by atoms with Crippen molar-refractivity contribution in [2.75, 3.05) is 57.9 Å². The Kier molecular flexibility index (Phi) is 9.70. The zero-order valence-corrected chi connectivity index (χ0v) is 24.0. The number of anilines is 1. The van der Waals surface area contributed by atoms with E-state index in [0.717, 1.165) is 36.5 Å². The van der Waals surface area contributed by atoms with Gasteiger partial charge in [0.2, 0.25) is 0 Å². The number of fused-ring (bicyclic) bond motifs is 3. The highest BCUT2D eigenvalue weighted by atomic mass is 35.5. The first-order valence-electron chi connectivity index (χ1n) is 13.2. The fraction of sp³-hybridized carbons (Fsp3) is 0.393. The lowest BCUT2D eigenvalue weighted by atomic mass is 10.00. The van der Waals surface area contributed by atoms with Gasteiger partial charge in [-0.25, -0.2) is 9.80 Å². The van der Waals surface area contributed by atoms with E-state index in [1.54, 1.807) is 11.1 Å². The predicted octanol–water partition coefficient (Wildman–Crippen LogP) is 4.28.